The van der Waals surface area contributed by atoms with Gasteiger partial charge in [0.25, 0.3) is 0 Å². The molecule has 2 rings (SSSR count). The zero-order chi connectivity index (χ0) is 13.0. The van der Waals surface area contributed by atoms with E-state index < -0.39 is 0 Å². The number of amides is 1. The summed E-state index contributed by atoms with van der Waals surface area (Å²) in [5.74, 6) is 0.416. The van der Waals surface area contributed by atoms with Crippen LogP contribution in [-0.4, -0.2) is 33.6 Å². The second kappa shape index (κ2) is 5.48. The van der Waals surface area contributed by atoms with Crippen molar-refractivity contribution in [3.63, 3.8) is 0 Å². The summed E-state index contributed by atoms with van der Waals surface area (Å²) in [7, 11) is 0. The lowest BCUT2D eigenvalue weighted by Gasteiger charge is -2.02. The highest BCUT2D eigenvalue weighted by atomic mass is 16.1. The summed E-state index contributed by atoms with van der Waals surface area (Å²) in [4.78, 5) is 15.7. The van der Waals surface area contributed by atoms with Gasteiger partial charge in [0, 0.05) is 12.7 Å². The molecular weight excluding hydrogens is 230 g/mol. The Bertz CT molecular complexity index is 548. The first-order valence-corrected chi connectivity index (χ1v) is 6.02. The molecule has 96 valence electrons. The summed E-state index contributed by atoms with van der Waals surface area (Å²) < 4.78 is 1.68. The standard InChI is InChI=1S/C12H17N5O/c1-3-5-13-11(18)8-14-12-15-10-7-9(2)4-6-17(10)16-12/h4,6-7H,3,5,8H2,1-2H3,(H,13,18)(H,14,16). The average Bonchev–Trinajstić information content (AvgIpc) is 2.75. The minimum absolute atomic E-state index is 0.0492. The van der Waals surface area contributed by atoms with E-state index >= 15 is 0 Å². The van der Waals surface area contributed by atoms with Crippen molar-refractivity contribution in [2.75, 3.05) is 18.4 Å². The minimum Gasteiger partial charge on any atom is -0.355 e. The Labute approximate surface area is 105 Å². The van der Waals surface area contributed by atoms with Gasteiger partial charge in [0.2, 0.25) is 11.9 Å². The Morgan fingerprint density at radius 1 is 1.50 bits per heavy atom. The fraction of sp³-hybridized carbons (Fsp3) is 0.417. The number of pyridine rings is 1. The smallest absolute Gasteiger partial charge is 0.243 e. The second-order valence-electron chi connectivity index (χ2n) is 4.15. The summed E-state index contributed by atoms with van der Waals surface area (Å²) in [6.45, 7) is 4.90. The number of hydrogen-bond donors (Lipinski definition) is 2. The Kier molecular flexibility index (Phi) is 3.76. The van der Waals surface area contributed by atoms with Crippen molar-refractivity contribution in [3.05, 3.63) is 23.9 Å². The van der Waals surface area contributed by atoms with Crippen molar-refractivity contribution in [2.45, 2.75) is 20.3 Å². The number of nitrogens with one attached hydrogen (secondary N) is 2. The van der Waals surface area contributed by atoms with Gasteiger partial charge in [-0.15, -0.1) is 5.10 Å². The van der Waals surface area contributed by atoms with Crippen molar-refractivity contribution in [3.8, 4) is 0 Å². The molecule has 0 atom stereocenters. The molecule has 0 unspecified atom stereocenters. The minimum atomic E-state index is -0.0492. The Morgan fingerprint density at radius 2 is 2.33 bits per heavy atom. The van der Waals surface area contributed by atoms with E-state index in [0.717, 1.165) is 17.6 Å². The topological polar surface area (TPSA) is 71.3 Å². The number of aromatic nitrogens is 3. The quantitative estimate of drug-likeness (QED) is 0.826. The lowest BCUT2D eigenvalue weighted by atomic mass is 10.3. The molecule has 0 fully saturated rings. The largest absolute Gasteiger partial charge is 0.355 e. The highest BCUT2D eigenvalue weighted by Crippen LogP contribution is 2.06. The molecule has 2 heterocycles. The normalized spacial score (nSPS) is 10.6. The maximum atomic E-state index is 11.4. The Hall–Kier alpha value is -2.11. The monoisotopic (exact) mass is 247 g/mol. The van der Waals surface area contributed by atoms with E-state index in [4.69, 9.17) is 0 Å². The molecule has 0 radical (unpaired) electrons. The maximum Gasteiger partial charge on any atom is 0.243 e. The van der Waals surface area contributed by atoms with E-state index in [2.05, 4.69) is 20.7 Å². The van der Waals surface area contributed by atoms with E-state index in [0.29, 0.717) is 12.5 Å². The van der Waals surface area contributed by atoms with Crippen LogP contribution in [-0.2, 0) is 4.79 Å². The lowest BCUT2D eigenvalue weighted by molar-refractivity contribution is -0.119. The van der Waals surface area contributed by atoms with Crippen LogP contribution in [0, 0.1) is 6.92 Å². The van der Waals surface area contributed by atoms with Gasteiger partial charge in [-0.05, 0) is 31.0 Å². The van der Waals surface area contributed by atoms with Gasteiger partial charge in [-0.2, -0.15) is 4.98 Å². The third kappa shape index (κ3) is 2.97. The van der Waals surface area contributed by atoms with Crippen LogP contribution in [0.5, 0.6) is 0 Å². The summed E-state index contributed by atoms with van der Waals surface area (Å²) in [5, 5.41) is 9.91. The molecule has 0 saturated heterocycles. The number of hydrogen-bond acceptors (Lipinski definition) is 4. The predicted octanol–water partition coefficient (Wildman–Crippen LogP) is 0.976. The molecule has 2 aromatic rings. The molecule has 2 N–H and O–H groups in total. The molecule has 0 bridgehead atoms. The van der Waals surface area contributed by atoms with Crippen molar-refractivity contribution >= 4 is 17.5 Å². The number of carbonyl (C=O) groups excluding carboxylic acids is 1. The van der Waals surface area contributed by atoms with Gasteiger partial charge < -0.3 is 10.6 Å². The molecule has 0 aliphatic rings. The maximum absolute atomic E-state index is 11.4. The van der Waals surface area contributed by atoms with Gasteiger partial charge in [-0.3, -0.25) is 4.79 Å². The first-order chi connectivity index (χ1) is 8.69. The van der Waals surface area contributed by atoms with Gasteiger partial charge in [-0.25, -0.2) is 4.52 Å². The van der Waals surface area contributed by atoms with Crippen molar-refractivity contribution in [1.82, 2.24) is 19.9 Å². The zero-order valence-corrected chi connectivity index (χ0v) is 10.6. The number of rotatable bonds is 5. The molecule has 6 heteroatoms. The van der Waals surface area contributed by atoms with E-state index in [1.807, 2.05) is 32.2 Å². The fourth-order valence-electron chi connectivity index (χ4n) is 1.54. The Morgan fingerprint density at radius 3 is 3.11 bits per heavy atom. The second-order valence-corrected chi connectivity index (χ2v) is 4.15. The van der Waals surface area contributed by atoms with Crippen LogP contribution in [0.15, 0.2) is 18.3 Å². The number of carbonyl (C=O) groups is 1. The molecule has 2 aromatic heterocycles. The Balaban J connectivity index is 1.97. The zero-order valence-electron chi connectivity index (χ0n) is 10.6. The number of anilines is 1. The van der Waals surface area contributed by atoms with Crippen LogP contribution < -0.4 is 10.6 Å². The lowest BCUT2D eigenvalue weighted by Crippen LogP contribution is -2.30. The van der Waals surface area contributed by atoms with Crippen molar-refractivity contribution < 1.29 is 4.79 Å². The molecule has 6 nitrogen and oxygen atoms in total. The molecule has 1 amide bonds. The van der Waals surface area contributed by atoms with Gasteiger partial charge in [-0.1, -0.05) is 6.92 Å². The van der Waals surface area contributed by atoms with Crippen LogP contribution in [0.4, 0.5) is 5.95 Å². The molecule has 0 aromatic carbocycles. The highest BCUT2D eigenvalue weighted by molar-refractivity contribution is 5.80. The summed E-state index contributed by atoms with van der Waals surface area (Å²) >= 11 is 0. The van der Waals surface area contributed by atoms with Crippen molar-refractivity contribution in [2.24, 2.45) is 0 Å². The predicted molar refractivity (Wildman–Crippen MR) is 69.5 cm³/mol. The third-order valence-corrected chi connectivity index (χ3v) is 2.47. The number of nitrogens with zero attached hydrogens (tertiary/aromatic N) is 3. The summed E-state index contributed by atoms with van der Waals surface area (Å²) in [6, 6.07) is 3.90. The number of aryl methyl sites for hydroxylation is 1. The molecular formula is C12H17N5O. The van der Waals surface area contributed by atoms with Gasteiger partial charge >= 0.3 is 0 Å². The molecule has 18 heavy (non-hydrogen) atoms. The van der Waals surface area contributed by atoms with E-state index in [9.17, 15) is 4.79 Å². The molecule has 0 aliphatic heterocycles. The van der Waals surface area contributed by atoms with Crippen LogP contribution >= 0.6 is 0 Å². The van der Waals surface area contributed by atoms with Crippen molar-refractivity contribution in [1.29, 1.82) is 0 Å². The van der Waals surface area contributed by atoms with E-state index in [1.54, 1.807) is 4.52 Å². The third-order valence-electron chi connectivity index (χ3n) is 2.47. The van der Waals surface area contributed by atoms with Crippen LogP contribution in [0.1, 0.15) is 18.9 Å². The fourth-order valence-corrected chi connectivity index (χ4v) is 1.54. The van der Waals surface area contributed by atoms with Gasteiger partial charge in [0.05, 0.1) is 6.54 Å². The molecule has 0 saturated carbocycles. The SMILES string of the molecule is CCCNC(=O)CNc1nc2cc(C)ccn2n1. The van der Waals surface area contributed by atoms with Crippen LogP contribution in [0.2, 0.25) is 0 Å². The summed E-state index contributed by atoms with van der Waals surface area (Å²) in [5.41, 5.74) is 1.90. The van der Waals surface area contributed by atoms with E-state index in [1.165, 1.54) is 0 Å². The molecule has 0 aliphatic carbocycles. The summed E-state index contributed by atoms with van der Waals surface area (Å²) in [6.07, 6.45) is 2.78. The first-order valence-electron chi connectivity index (χ1n) is 6.02. The van der Waals surface area contributed by atoms with Gasteiger partial charge in [0.1, 0.15) is 0 Å². The highest BCUT2D eigenvalue weighted by Gasteiger charge is 2.05. The van der Waals surface area contributed by atoms with E-state index in [-0.39, 0.29) is 12.5 Å². The van der Waals surface area contributed by atoms with Gasteiger partial charge in [0.15, 0.2) is 5.65 Å². The first kappa shape index (κ1) is 12.3. The van der Waals surface area contributed by atoms with Crippen LogP contribution in [0.3, 0.4) is 0 Å². The van der Waals surface area contributed by atoms with Crippen LogP contribution in [0.25, 0.3) is 5.65 Å². The number of fused-ring (bicyclic) bond motifs is 1. The average molecular weight is 247 g/mol. The molecule has 0 spiro atoms.